The number of fused-ring (bicyclic) bond motifs is 1. The van der Waals surface area contributed by atoms with Gasteiger partial charge < -0.3 is 5.73 Å². The van der Waals surface area contributed by atoms with E-state index in [2.05, 4.69) is 38.2 Å². The van der Waals surface area contributed by atoms with Crippen molar-refractivity contribution in [2.75, 3.05) is 0 Å². The Balaban J connectivity index is 2.32. The molecule has 2 rings (SSSR count). The quantitative estimate of drug-likeness (QED) is 0.368. The Kier molecular flexibility index (Phi) is 2.81. The molecule has 4 N–H and O–H groups in total. The van der Waals surface area contributed by atoms with Gasteiger partial charge in [0.1, 0.15) is 0 Å². The van der Waals surface area contributed by atoms with Crippen LogP contribution >= 0.6 is 0 Å². The molecule has 0 radical (unpaired) electrons. The summed E-state index contributed by atoms with van der Waals surface area (Å²) in [5.41, 5.74) is 14.4. The minimum atomic E-state index is -0.105. The molecule has 0 saturated heterocycles. The Morgan fingerprint density at radius 2 is 2.00 bits per heavy atom. The van der Waals surface area contributed by atoms with Crippen molar-refractivity contribution >= 4 is 11.7 Å². The van der Waals surface area contributed by atoms with E-state index in [-0.39, 0.29) is 5.96 Å². The Morgan fingerprint density at radius 1 is 1.35 bits per heavy atom. The second-order valence-corrected chi connectivity index (χ2v) is 5.03. The molecule has 17 heavy (non-hydrogen) atoms. The summed E-state index contributed by atoms with van der Waals surface area (Å²) in [6.45, 7) is 8.85. The molecule has 2 aliphatic rings. The van der Waals surface area contributed by atoms with Crippen LogP contribution in [0.3, 0.4) is 0 Å². The van der Waals surface area contributed by atoms with Crippen LogP contribution < -0.4 is 11.2 Å². The zero-order chi connectivity index (χ0) is 12.7. The molecule has 0 amide bonds. The van der Waals surface area contributed by atoms with E-state index in [4.69, 9.17) is 11.1 Å². The van der Waals surface area contributed by atoms with E-state index >= 15 is 0 Å². The van der Waals surface area contributed by atoms with Crippen molar-refractivity contribution in [1.29, 1.82) is 5.41 Å². The van der Waals surface area contributed by atoms with Crippen molar-refractivity contribution in [2.24, 2.45) is 22.7 Å². The molecule has 4 heteroatoms. The normalized spacial score (nSPS) is 30.2. The lowest BCUT2D eigenvalue weighted by Crippen LogP contribution is -2.39. The van der Waals surface area contributed by atoms with Gasteiger partial charge in [-0.05, 0) is 55.7 Å². The summed E-state index contributed by atoms with van der Waals surface area (Å²) in [6, 6.07) is 0. The summed E-state index contributed by atoms with van der Waals surface area (Å²) in [4.78, 5) is 0. The number of hydrogen-bond donors (Lipinski definition) is 3. The van der Waals surface area contributed by atoms with Crippen molar-refractivity contribution in [3.8, 4) is 0 Å². The average Bonchev–Trinajstić information content (AvgIpc) is 2.23. The maximum Gasteiger partial charge on any atom is 0.206 e. The van der Waals surface area contributed by atoms with Crippen molar-refractivity contribution < 1.29 is 0 Å². The molecule has 0 bridgehead atoms. The van der Waals surface area contributed by atoms with Crippen molar-refractivity contribution in [1.82, 2.24) is 5.43 Å². The first kappa shape index (κ1) is 11.9. The molecule has 2 atom stereocenters. The summed E-state index contributed by atoms with van der Waals surface area (Å²) >= 11 is 0. The number of rotatable bonds is 1. The lowest BCUT2D eigenvalue weighted by molar-refractivity contribution is 0.440. The molecular weight excluding hydrogens is 212 g/mol. The monoisotopic (exact) mass is 232 g/mol. The number of nitrogens with two attached hydrogens (primary N) is 1. The van der Waals surface area contributed by atoms with Gasteiger partial charge in [0.05, 0.1) is 5.71 Å². The van der Waals surface area contributed by atoms with Crippen LogP contribution in [0.15, 0.2) is 27.4 Å². The zero-order valence-corrected chi connectivity index (χ0v) is 10.9. The average molecular weight is 232 g/mol. The van der Waals surface area contributed by atoms with Gasteiger partial charge in [0, 0.05) is 0 Å². The molecule has 1 saturated carbocycles. The Morgan fingerprint density at radius 3 is 2.59 bits per heavy atom. The first-order valence-electron chi connectivity index (χ1n) is 5.99. The van der Waals surface area contributed by atoms with Crippen molar-refractivity contribution in [3.05, 3.63) is 22.3 Å². The Bertz CT molecular complexity index is 468. The maximum absolute atomic E-state index is 7.11. The first-order valence-corrected chi connectivity index (χ1v) is 5.99. The van der Waals surface area contributed by atoms with E-state index < -0.39 is 0 Å². The molecule has 0 aromatic rings. The second-order valence-electron chi connectivity index (χ2n) is 5.03. The molecule has 92 valence electrons. The highest BCUT2D eigenvalue weighted by Crippen LogP contribution is 2.47. The van der Waals surface area contributed by atoms with Gasteiger partial charge in [-0.1, -0.05) is 12.5 Å². The van der Waals surface area contributed by atoms with E-state index in [0.29, 0.717) is 11.8 Å². The third-order valence-corrected chi connectivity index (χ3v) is 4.25. The first-order chi connectivity index (χ1) is 7.93. The van der Waals surface area contributed by atoms with Crippen LogP contribution in [0.1, 0.15) is 34.1 Å². The molecule has 2 aliphatic carbocycles. The van der Waals surface area contributed by atoms with Crippen molar-refractivity contribution in [2.45, 2.75) is 34.1 Å². The topological polar surface area (TPSA) is 74.3 Å². The third kappa shape index (κ3) is 1.77. The van der Waals surface area contributed by atoms with Gasteiger partial charge >= 0.3 is 0 Å². The number of nitrogens with zero attached hydrogens (tertiary/aromatic N) is 1. The van der Waals surface area contributed by atoms with Crippen LogP contribution in [0.2, 0.25) is 0 Å². The molecule has 2 unspecified atom stereocenters. The van der Waals surface area contributed by atoms with Gasteiger partial charge in [-0.2, -0.15) is 5.10 Å². The van der Waals surface area contributed by atoms with Crippen LogP contribution in [0.5, 0.6) is 0 Å². The largest absolute Gasteiger partial charge is 0.369 e. The fourth-order valence-electron chi connectivity index (χ4n) is 2.80. The zero-order valence-electron chi connectivity index (χ0n) is 10.9. The smallest absolute Gasteiger partial charge is 0.206 e. The fourth-order valence-corrected chi connectivity index (χ4v) is 2.80. The minimum absolute atomic E-state index is 0.105. The van der Waals surface area contributed by atoms with Gasteiger partial charge in [0.25, 0.3) is 0 Å². The van der Waals surface area contributed by atoms with Gasteiger partial charge in [0.15, 0.2) is 0 Å². The summed E-state index contributed by atoms with van der Waals surface area (Å²) in [5.74, 6) is 1.10. The highest BCUT2D eigenvalue weighted by Gasteiger charge is 2.40. The van der Waals surface area contributed by atoms with Gasteiger partial charge in [-0.15, -0.1) is 0 Å². The molecule has 0 aliphatic heterocycles. The predicted octanol–water partition coefficient (Wildman–Crippen LogP) is 2.15. The summed E-state index contributed by atoms with van der Waals surface area (Å²) in [7, 11) is 0. The second kappa shape index (κ2) is 4.02. The summed E-state index contributed by atoms with van der Waals surface area (Å²) in [5, 5.41) is 11.3. The number of hydrogen-bond acceptors (Lipinski definition) is 2. The number of hydrazone groups is 1. The maximum atomic E-state index is 7.11. The Hall–Kier alpha value is -1.58. The van der Waals surface area contributed by atoms with Gasteiger partial charge in [0.2, 0.25) is 5.96 Å². The Labute approximate surface area is 102 Å². The molecule has 1 fully saturated rings. The fraction of sp³-hybridized carbons (Fsp3) is 0.538. The standard InChI is InChI=1S/C13H20N4/c1-6-7(2)9(4)12-10(8(6)3)5-11(12)16-17-13(14)15/h8,10H,5H2,1-4H3,(H4,14,15,17). The summed E-state index contributed by atoms with van der Waals surface area (Å²) < 4.78 is 0. The van der Waals surface area contributed by atoms with Crippen LogP contribution in [-0.2, 0) is 0 Å². The van der Waals surface area contributed by atoms with Gasteiger partial charge in [-0.3, -0.25) is 5.41 Å². The lowest BCUT2D eigenvalue weighted by atomic mass is 9.62. The number of nitrogens with one attached hydrogen (secondary N) is 2. The van der Waals surface area contributed by atoms with Gasteiger partial charge in [-0.25, -0.2) is 5.43 Å². The molecular formula is C13H20N4. The van der Waals surface area contributed by atoms with E-state index in [1.54, 1.807) is 0 Å². The van der Waals surface area contributed by atoms with Crippen LogP contribution in [-0.4, -0.2) is 11.7 Å². The van der Waals surface area contributed by atoms with Crippen molar-refractivity contribution in [3.63, 3.8) is 0 Å². The number of allylic oxidation sites excluding steroid dienone is 4. The van der Waals surface area contributed by atoms with E-state index in [0.717, 1.165) is 12.1 Å². The minimum Gasteiger partial charge on any atom is -0.369 e. The lowest BCUT2D eigenvalue weighted by Gasteiger charge is -2.42. The highest BCUT2D eigenvalue weighted by molar-refractivity contribution is 6.09. The highest BCUT2D eigenvalue weighted by atomic mass is 15.3. The molecule has 4 nitrogen and oxygen atoms in total. The van der Waals surface area contributed by atoms with E-state index in [1.165, 1.54) is 22.3 Å². The predicted molar refractivity (Wildman–Crippen MR) is 70.8 cm³/mol. The SMILES string of the molecule is CC1=C(C)C(C)C2CC(=NNC(=N)N)C2=C1C. The van der Waals surface area contributed by atoms with Crippen LogP contribution in [0, 0.1) is 17.2 Å². The molecule has 0 heterocycles. The van der Waals surface area contributed by atoms with Crippen LogP contribution in [0.4, 0.5) is 0 Å². The molecule has 0 spiro atoms. The van der Waals surface area contributed by atoms with Crippen LogP contribution in [0.25, 0.3) is 0 Å². The summed E-state index contributed by atoms with van der Waals surface area (Å²) in [6.07, 6.45) is 0.985. The number of guanidine groups is 1. The molecule has 0 aromatic heterocycles. The van der Waals surface area contributed by atoms with E-state index in [1.807, 2.05) is 0 Å². The third-order valence-electron chi connectivity index (χ3n) is 4.25. The van der Waals surface area contributed by atoms with E-state index in [9.17, 15) is 0 Å². The molecule has 0 aromatic carbocycles.